The summed E-state index contributed by atoms with van der Waals surface area (Å²) in [6, 6.07) is 11.9. The van der Waals surface area contributed by atoms with Crippen LogP contribution in [0.15, 0.2) is 35.9 Å². The summed E-state index contributed by atoms with van der Waals surface area (Å²) in [5, 5.41) is 9.02. The lowest BCUT2D eigenvalue weighted by molar-refractivity contribution is -0.00264. The SMILES string of the molecule is N#Cc1ccc(CN2CCCC3=C[C@H]4C[C@@H](CN5CCCC[C@H]45)[C@@H]32)cc1. The van der Waals surface area contributed by atoms with E-state index in [-0.39, 0.29) is 0 Å². The monoisotopic (exact) mass is 347 g/mol. The fraction of sp³-hybridized carbons (Fsp3) is 0.609. The van der Waals surface area contributed by atoms with Gasteiger partial charge in [0.15, 0.2) is 0 Å². The third-order valence-corrected chi connectivity index (χ3v) is 7.23. The van der Waals surface area contributed by atoms with Gasteiger partial charge in [-0.25, -0.2) is 0 Å². The first-order valence-corrected chi connectivity index (χ1v) is 10.5. The molecule has 0 unspecified atom stereocenters. The minimum Gasteiger partial charge on any atom is -0.299 e. The molecule has 0 spiro atoms. The first-order chi connectivity index (χ1) is 12.8. The maximum atomic E-state index is 9.02. The molecular formula is C23H29N3. The molecule has 3 saturated heterocycles. The molecule has 0 amide bonds. The fourth-order valence-corrected chi connectivity index (χ4v) is 6.18. The summed E-state index contributed by atoms with van der Waals surface area (Å²) in [5.41, 5.74) is 3.85. The molecule has 3 aliphatic heterocycles. The Morgan fingerprint density at radius 2 is 1.96 bits per heavy atom. The molecule has 0 N–H and O–H groups in total. The topological polar surface area (TPSA) is 30.3 Å². The van der Waals surface area contributed by atoms with Gasteiger partial charge in [0.05, 0.1) is 11.6 Å². The van der Waals surface area contributed by atoms with E-state index >= 15 is 0 Å². The number of hydrogen-bond donors (Lipinski definition) is 0. The first kappa shape index (κ1) is 16.5. The van der Waals surface area contributed by atoms with Crippen molar-refractivity contribution in [2.45, 2.75) is 57.2 Å². The molecule has 1 aromatic rings. The molecule has 0 radical (unpaired) electrons. The predicted molar refractivity (Wildman–Crippen MR) is 103 cm³/mol. The van der Waals surface area contributed by atoms with Gasteiger partial charge in [0.25, 0.3) is 0 Å². The van der Waals surface area contributed by atoms with Gasteiger partial charge in [0.1, 0.15) is 0 Å². The van der Waals surface area contributed by atoms with Gasteiger partial charge >= 0.3 is 0 Å². The Kier molecular flexibility index (Phi) is 4.35. The largest absolute Gasteiger partial charge is 0.299 e. The Balaban J connectivity index is 1.39. The standard InChI is InChI=1S/C23H29N3/c24-14-17-6-8-18(9-7-17)15-26-11-3-4-19-12-20-13-21(23(19)26)16-25-10-2-1-5-22(20)25/h6-9,12,20-23H,1-5,10-11,13,15-16H2/t20-,21-,22+,23+/m0/s1. The van der Waals surface area contributed by atoms with E-state index in [9.17, 15) is 0 Å². The fourth-order valence-electron chi connectivity index (χ4n) is 6.18. The van der Waals surface area contributed by atoms with Gasteiger partial charge in [0, 0.05) is 25.2 Å². The van der Waals surface area contributed by atoms with Crippen LogP contribution in [-0.4, -0.2) is 41.5 Å². The highest BCUT2D eigenvalue weighted by Gasteiger charge is 2.45. The Bertz CT molecular complexity index is 729. The van der Waals surface area contributed by atoms with E-state index < -0.39 is 0 Å². The van der Waals surface area contributed by atoms with E-state index in [0.717, 1.165) is 30.0 Å². The van der Waals surface area contributed by atoms with E-state index in [0.29, 0.717) is 6.04 Å². The molecule has 4 aliphatic rings. The molecular weight excluding hydrogens is 318 g/mol. The lowest BCUT2D eigenvalue weighted by Crippen LogP contribution is -2.58. The van der Waals surface area contributed by atoms with Crippen molar-refractivity contribution in [3.8, 4) is 6.07 Å². The van der Waals surface area contributed by atoms with Gasteiger partial charge in [-0.3, -0.25) is 9.80 Å². The highest BCUT2D eigenvalue weighted by molar-refractivity contribution is 5.32. The second-order valence-corrected chi connectivity index (χ2v) is 8.79. The van der Waals surface area contributed by atoms with Crippen molar-refractivity contribution in [3.63, 3.8) is 0 Å². The number of hydrogen-bond acceptors (Lipinski definition) is 3. The van der Waals surface area contributed by atoms with Crippen molar-refractivity contribution >= 4 is 0 Å². The van der Waals surface area contributed by atoms with Crippen LogP contribution in [0.3, 0.4) is 0 Å². The average molecular weight is 348 g/mol. The summed E-state index contributed by atoms with van der Waals surface area (Å²) < 4.78 is 0. The van der Waals surface area contributed by atoms with Crippen LogP contribution in [-0.2, 0) is 6.54 Å². The number of nitriles is 1. The normalized spacial score (nSPS) is 34.3. The number of rotatable bonds is 2. The van der Waals surface area contributed by atoms with Crippen LogP contribution in [0.25, 0.3) is 0 Å². The molecule has 2 bridgehead atoms. The molecule has 4 atom stereocenters. The van der Waals surface area contributed by atoms with Gasteiger partial charge in [-0.15, -0.1) is 0 Å². The first-order valence-electron chi connectivity index (χ1n) is 10.5. The van der Waals surface area contributed by atoms with Crippen molar-refractivity contribution in [1.82, 2.24) is 9.80 Å². The van der Waals surface area contributed by atoms with Crippen LogP contribution in [0.4, 0.5) is 0 Å². The van der Waals surface area contributed by atoms with Gasteiger partial charge in [0.2, 0.25) is 0 Å². The van der Waals surface area contributed by atoms with Crippen molar-refractivity contribution in [2.75, 3.05) is 19.6 Å². The minimum atomic E-state index is 0.651. The molecule has 3 nitrogen and oxygen atoms in total. The summed E-state index contributed by atoms with van der Waals surface area (Å²) in [7, 11) is 0. The van der Waals surface area contributed by atoms with Crippen molar-refractivity contribution in [1.29, 1.82) is 5.26 Å². The maximum absolute atomic E-state index is 9.02. The van der Waals surface area contributed by atoms with Crippen LogP contribution in [0.2, 0.25) is 0 Å². The molecule has 5 rings (SSSR count). The predicted octanol–water partition coefficient (Wildman–Crippen LogP) is 3.95. The molecule has 3 fully saturated rings. The van der Waals surface area contributed by atoms with Crippen molar-refractivity contribution in [2.24, 2.45) is 11.8 Å². The molecule has 0 saturated carbocycles. The minimum absolute atomic E-state index is 0.651. The average Bonchev–Trinajstić information content (AvgIpc) is 2.69. The Labute approximate surface area is 157 Å². The highest BCUT2D eigenvalue weighted by atomic mass is 15.2. The molecule has 1 aromatic carbocycles. The lowest BCUT2D eigenvalue weighted by atomic mass is 9.68. The van der Waals surface area contributed by atoms with Gasteiger partial charge in [-0.05, 0) is 74.7 Å². The summed E-state index contributed by atoms with van der Waals surface area (Å²) >= 11 is 0. The number of nitrogens with zero attached hydrogens (tertiary/aromatic N) is 3. The number of fused-ring (bicyclic) bond motifs is 6. The second-order valence-electron chi connectivity index (χ2n) is 8.79. The van der Waals surface area contributed by atoms with Crippen LogP contribution in [0.5, 0.6) is 0 Å². The van der Waals surface area contributed by atoms with E-state index in [1.54, 1.807) is 5.57 Å². The zero-order valence-corrected chi connectivity index (χ0v) is 15.6. The molecule has 0 aromatic heterocycles. The van der Waals surface area contributed by atoms with Gasteiger partial charge in [-0.1, -0.05) is 30.2 Å². The smallest absolute Gasteiger partial charge is 0.0991 e. The van der Waals surface area contributed by atoms with E-state index in [4.69, 9.17) is 5.26 Å². The van der Waals surface area contributed by atoms with Gasteiger partial charge in [-0.2, -0.15) is 5.26 Å². The summed E-state index contributed by atoms with van der Waals surface area (Å²) in [6.45, 7) is 4.88. The van der Waals surface area contributed by atoms with E-state index in [1.165, 1.54) is 63.7 Å². The Morgan fingerprint density at radius 3 is 2.81 bits per heavy atom. The molecule has 1 aliphatic carbocycles. The summed E-state index contributed by atoms with van der Waals surface area (Å²) in [4.78, 5) is 5.56. The number of benzene rings is 1. The van der Waals surface area contributed by atoms with Crippen LogP contribution >= 0.6 is 0 Å². The highest BCUT2D eigenvalue weighted by Crippen LogP contribution is 2.45. The van der Waals surface area contributed by atoms with Crippen LogP contribution in [0, 0.1) is 23.2 Å². The quantitative estimate of drug-likeness (QED) is 0.759. The third kappa shape index (κ3) is 2.90. The molecule has 3 heterocycles. The van der Waals surface area contributed by atoms with Crippen LogP contribution < -0.4 is 0 Å². The van der Waals surface area contributed by atoms with Crippen LogP contribution in [0.1, 0.15) is 49.7 Å². The van der Waals surface area contributed by atoms with Crippen molar-refractivity contribution < 1.29 is 0 Å². The lowest BCUT2D eigenvalue weighted by Gasteiger charge is -2.54. The zero-order valence-electron chi connectivity index (χ0n) is 15.6. The zero-order chi connectivity index (χ0) is 17.5. The molecule has 3 heteroatoms. The Morgan fingerprint density at radius 1 is 1.08 bits per heavy atom. The second kappa shape index (κ2) is 6.83. The van der Waals surface area contributed by atoms with Gasteiger partial charge < -0.3 is 0 Å². The number of likely N-dealkylation sites (tertiary alicyclic amines) is 1. The van der Waals surface area contributed by atoms with Crippen molar-refractivity contribution in [3.05, 3.63) is 47.0 Å². The Hall–Kier alpha value is -1.63. The third-order valence-electron chi connectivity index (χ3n) is 7.23. The van der Waals surface area contributed by atoms with E-state index in [1.807, 2.05) is 12.1 Å². The molecule has 26 heavy (non-hydrogen) atoms. The number of piperidine rings is 3. The van der Waals surface area contributed by atoms with E-state index in [2.05, 4.69) is 34.1 Å². The summed E-state index contributed by atoms with van der Waals surface area (Å²) in [5.74, 6) is 1.63. The molecule has 136 valence electrons. The maximum Gasteiger partial charge on any atom is 0.0991 e. The summed E-state index contributed by atoms with van der Waals surface area (Å²) in [6.07, 6.45) is 11.0.